The van der Waals surface area contributed by atoms with E-state index in [0.717, 1.165) is 24.2 Å². The Labute approximate surface area is 96.6 Å². The minimum absolute atomic E-state index is 0.161. The first-order valence-electron chi connectivity index (χ1n) is 5.78. The van der Waals surface area contributed by atoms with Crippen LogP contribution in [0.5, 0.6) is 5.75 Å². The van der Waals surface area contributed by atoms with Crippen LogP contribution in [0, 0.1) is 5.41 Å². The first-order chi connectivity index (χ1) is 7.47. The quantitative estimate of drug-likeness (QED) is 0.726. The second kappa shape index (κ2) is 3.93. The Balaban J connectivity index is 2.17. The summed E-state index contributed by atoms with van der Waals surface area (Å²) in [7, 11) is 0. The molecule has 0 amide bonds. The van der Waals surface area contributed by atoms with Gasteiger partial charge in [-0.2, -0.15) is 0 Å². The van der Waals surface area contributed by atoms with Crippen molar-refractivity contribution in [2.24, 2.45) is 5.41 Å². The first-order valence-corrected chi connectivity index (χ1v) is 5.78. The fourth-order valence-electron chi connectivity index (χ4n) is 1.52. The molecule has 1 aromatic carbocycles. The summed E-state index contributed by atoms with van der Waals surface area (Å²) in [5.74, 6) is 0.978. The third-order valence-corrected chi connectivity index (χ3v) is 2.60. The Hall–Kier alpha value is -1.31. The van der Waals surface area contributed by atoms with Gasteiger partial charge in [0.15, 0.2) is 5.78 Å². The van der Waals surface area contributed by atoms with Crippen LogP contribution in [0.15, 0.2) is 24.3 Å². The van der Waals surface area contributed by atoms with E-state index in [9.17, 15) is 4.79 Å². The predicted octanol–water partition coefficient (Wildman–Crippen LogP) is 3.46. The van der Waals surface area contributed by atoms with Gasteiger partial charge in [-0.1, -0.05) is 32.9 Å². The molecular weight excluding hydrogens is 200 g/mol. The van der Waals surface area contributed by atoms with Crippen LogP contribution >= 0.6 is 0 Å². The number of hydrogen-bond acceptors (Lipinski definition) is 2. The van der Waals surface area contributed by atoms with Crippen molar-refractivity contribution in [3.05, 3.63) is 29.8 Å². The van der Waals surface area contributed by atoms with Crippen LogP contribution in [0.4, 0.5) is 0 Å². The van der Waals surface area contributed by atoms with Crippen LogP contribution in [0.3, 0.4) is 0 Å². The van der Waals surface area contributed by atoms with Gasteiger partial charge in [0.1, 0.15) is 5.75 Å². The largest absolute Gasteiger partial charge is 0.490 e. The molecule has 2 rings (SSSR count). The smallest absolute Gasteiger partial charge is 0.168 e. The van der Waals surface area contributed by atoms with Crippen LogP contribution < -0.4 is 4.74 Å². The van der Waals surface area contributed by atoms with Gasteiger partial charge in [0.25, 0.3) is 0 Å². The highest BCUT2D eigenvalue weighted by atomic mass is 16.5. The van der Waals surface area contributed by atoms with Gasteiger partial charge in [0, 0.05) is 11.0 Å². The van der Waals surface area contributed by atoms with Crippen molar-refractivity contribution < 1.29 is 9.53 Å². The monoisotopic (exact) mass is 218 g/mol. The van der Waals surface area contributed by atoms with Crippen molar-refractivity contribution in [2.45, 2.75) is 39.7 Å². The summed E-state index contributed by atoms with van der Waals surface area (Å²) in [6.07, 6.45) is 2.65. The molecule has 2 nitrogen and oxygen atoms in total. The molecule has 0 spiro atoms. The Morgan fingerprint density at radius 1 is 1.31 bits per heavy atom. The van der Waals surface area contributed by atoms with Crippen molar-refractivity contribution in [3.63, 3.8) is 0 Å². The van der Waals surface area contributed by atoms with Gasteiger partial charge in [-0.05, 0) is 25.0 Å². The van der Waals surface area contributed by atoms with E-state index in [0.29, 0.717) is 6.10 Å². The fraction of sp³-hybridized carbons (Fsp3) is 0.500. The lowest BCUT2D eigenvalue weighted by Crippen LogP contribution is -2.20. The van der Waals surface area contributed by atoms with Crippen LogP contribution in [0.25, 0.3) is 0 Å². The molecule has 0 bridgehead atoms. The normalized spacial score (nSPS) is 15.9. The fourth-order valence-corrected chi connectivity index (χ4v) is 1.52. The lowest BCUT2D eigenvalue weighted by Gasteiger charge is -2.17. The molecule has 0 aliphatic heterocycles. The zero-order valence-corrected chi connectivity index (χ0v) is 10.1. The summed E-state index contributed by atoms with van der Waals surface area (Å²) >= 11 is 0. The van der Waals surface area contributed by atoms with Gasteiger partial charge in [0.2, 0.25) is 0 Å². The summed E-state index contributed by atoms with van der Waals surface area (Å²) in [5.41, 5.74) is 0.406. The van der Waals surface area contributed by atoms with E-state index in [1.807, 2.05) is 45.0 Å². The van der Waals surface area contributed by atoms with Crippen molar-refractivity contribution >= 4 is 5.78 Å². The van der Waals surface area contributed by atoms with Crippen molar-refractivity contribution in [3.8, 4) is 5.75 Å². The molecule has 1 fully saturated rings. The summed E-state index contributed by atoms with van der Waals surface area (Å²) in [4.78, 5) is 12.1. The van der Waals surface area contributed by atoms with E-state index in [1.165, 1.54) is 0 Å². The van der Waals surface area contributed by atoms with Gasteiger partial charge < -0.3 is 4.74 Å². The molecule has 1 saturated carbocycles. The zero-order valence-electron chi connectivity index (χ0n) is 10.1. The molecule has 0 heterocycles. The molecule has 86 valence electrons. The molecule has 0 unspecified atom stereocenters. The third-order valence-electron chi connectivity index (χ3n) is 2.60. The van der Waals surface area contributed by atoms with Crippen LogP contribution in [0.2, 0.25) is 0 Å². The number of benzene rings is 1. The number of hydrogen-bond donors (Lipinski definition) is 0. The number of carbonyl (C=O) groups excluding carboxylic acids is 1. The molecule has 0 saturated heterocycles. The predicted molar refractivity (Wildman–Crippen MR) is 63.9 cm³/mol. The average molecular weight is 218 g/mol. The van der Waals surface area contributed by atoms with Gasteiger partial charge in [-0.3, -0.25) is 4.79 Å². The first kappa shape index (κ1) is 11.2. The van der Waals surface area contributed by atoms with E-state index in [-0.39, 0.29) is 11.2 Å². The Morgan fingerprint density at radius 3 is 2.56 bits per heavy atom. The second-order valence-corrected chi connectivity index (χ2v) is 5.42. The maximum absolute atomic E-state index is 12.1. The van der Waals surface area contributed by atoms with Crippen molar-refractivity contribution in [1.82, 2.24) is 0 Å². The van der Waals surface area contributed by atoms with Gasteiger partial charge >= 0.3 is 0 Å². The zero-order chi connectivity index (χ0) is 11.8. The summed E-state index contributed by atoms with van der Waals surface area (Å²) < 4.78 is 5.68. The van der Waals surface area contributed by atoms with E-state index in [2.05, 4.69) is 0 Å². The standard InChI is InChI=1S/C14H18O2/c1-14(2,3)13(15)10-5-4-6-12(9-10)16-11-7-8-11/h4-6,9,11H,7-8H2,1-3H3. The third kappa shape index (κ3) is 2.63. The minimum Gasteiger partial charge on any atom is -0.490 e. The molecule has 0 radical (unpaired) electrons. The average Bonchev–Trinajstić information content (AvgIpc) is 2.99. The van der Waals surface area contributed by atoms with Gasteiger partial charge in [-0.15, -0.1) is 0 Å². The Bertz CT molecular complexity index is 397. The van der Waals surface area contributed by atoms with Crippen molar-refractivity contribution in [2.75, 3.05) is 0 Å². The maximum Gasteiger partial charge on any atom is 0.168 e. The highest BCUT2D eigenvalue weighted by molar-refractivity contribution is 6.00. The minimum atomic E-state index is -0.335. The molecule has 0 N–H and O–H groups in total. The van der Waals surface area contributed by atoms with Crippen LogP contribution in [0.1, 0.15) is 44.0 Å². The molecule has 16 heavy (non-hydrogen) atoms. The number of ether oxygens (including phenoxy) is 1. The Morgan fingerprint density at radius 2 is 2.00 bits per heavy atom. The number of Topliss-reactive ketones (excluding diaryl/α,β-unsaturated/α-hetero) is 1. The lowest BCUT2D eigenvalue weighted by atomic mass is 9.86. The van der Waals surface area contributed by atoms with E-state index in [1.54, 1.807) is 0 Å². The number of ketones is 1. The SMILES string of the molecule is CC(C)(C)C(=O)c1cccc(OC2CC2)c1. The summed E-state index contributed by atoms with van der Waals surface area (Å²) in [5, 5.41) is 0. The second-order valence-electron chi connectivity index (χ2n) is 5.42. The molecule has 1 aliphatic rings. The highest BCUT2D eigenvalue weighted by Gasteiger charge is 2.25. The summed E-state index contributed by atoms with van der Waals surface area (Å²) in [6, 6.07) is 7.51. The van der Waals surface area contributed by atoms with Crippen LogP contribution in [-0.2, 0) is 0 Å². The molecule has 0 aromatic heterocycles. The van der Waals surface area contributed by atoms with E-state index in [4.69, 9.17) is 4.74 Å². The van der Waals surface area contributed by atoms with E-state index >= 15 is 0 Å². The molecular formula is C14H18O2. The number of carbonyl (C=O) groups is 1. The van der Waals surface area contributed by atoms with Gasteiger partial charge in [0.05, 0.1) is 6.10 Å². The van der Waals surface area contributed by atoms with Gasteiger partial charge in [-0.25, -0.2) is 0 Å². The Kier molecular flexibility index (Phi) is 2.75. The van der Waals surface area contributed by atoms with E-state index < -0.39 is 0 Å². The van der Waals surface area contributed by atoms with Crippen molar-refractivity contribution in [1.29, 1.82) is 0 Å². The maximum atomic E-state index is 12.1. The highest BCUT2D eigenvalue weighted by Crippen LogP contribution is 2.28. The number of rotatable bonds is 3. The molecule has 1 aliphatic carbocycles. The van der Waals surface area contributed by atoms with Crippen LogP contribution in [-0.4, -0.2) is 11.9 Å². The molecule has 0 atom stereocenters. The molecule has 2 heteroatoms. The lowest BCUT2D eigenvalue weighted by molar-refractivity contribution is 0.0858. The molecule has 1 aromatic rings. The summed E-state index contributed by atoms with van der Waals surface area (Å²) in [6.45, 7) is 5.80. The topological polar surface area (TPSA) is 26.3 Å².